The van der Waals surface area contributed by atoms with E-state index in [0.29, 0.717) is 44.8 Å². The van der Waals surface area contributed by atoms with E-state index < -0.39 is 16.5 Å². The second-order valence-electron chi connectivity index (χ2n) is 9.74. The van der Waals surface area contributed by atoms with Crippen LogP contribution in [0.25, 0.3) is 28.4 Å². The minimum atomic E-state index is -0.722. The van der Waals surface area contributed by atoms with Crippen molar-refractivity contribution in [1.82, 2.24) is 9.66 Å². The van der Waals surface area contributed by atoms with Crippen molar-refractivity contribution in [3.8, 4) is 40.1 Å². The summed E-state index contributed by atoms with van der Waals surface area (Å²) < 4.78 is 28.5. The molecule has 0 saturated carbocycles. The molecule has 47 heavy (non-hydrogen) atoms. The highest BCUT2D eigenvalue weighted by Gasteiger charge is 2.19. The van der Waals surface area contributed by atoms with Crippen molar-refractivity contribution in [1.29, 1.82) is 0 Å². The fraction of sp³-hybridized carbons (Fsp3) is 0.118. The van der Waals surface area contributed by atoms with Gasteiger partial charge in [0.2, 0.25) is 5.75 Å². The number of nitrogens with zero attached hydrogens (tertiary/aromatic N) is 4. The van der Waals surface area contributed by atoms with E-state index in [9.17, 15) is 19.7 Å². The Kier molecular flexibility index (Phi) is 9.55. The maximum absolute atomic E-state index is 13.7. The lowest BCUT2D eigenvalue weighted by atomic mass is 10.1. The van der Waals surface area contributed by atoms with Crippen LogP contribution >= 0.6 is 0 Å². The number of benzene rings is 4. The molecule has 0 fully saturated rings. The van der Waals surface area contributed by atoms with Crippen LogP contribution in [0.3, 0.4) is 0 Å². The molecule has 0 aliphatic carbocycles. The highest BCUT2D eigenvalue weighted by Crippen LogP contribution is 2.41. The van der Waals surface area contributed by atoms with Crippen LogP contribution in [0, 0.1) is 10.1 Å². The Labute approximate surface area is 268 Å². The lowest BCUT2D eigenvalue weighted by Gasteiger charge is -2.15. The molecule has 1 heterocycles. The molecule has 0 spiro atoms. The van der Waals surface area contributed by atoms with Gasteiger partial charge in [0.05, 0.1) is 50.5 Å². The van der Waals surface area contributed by atoms with Crippen LogP contribution in [0.4, 0.5) is 5.69 Å². The number of nitro groups is 1. The van der Waals surface area contributed by atoms with Crippen molar-refractivity contribution >= 4 is 34.9 Å². The molecule has 0 bridgehead atoms. The first-order chi connectivity index (χ1) is 22.8. The summed E-state index contributed by atoms with van der Waals surface area (Å²) in [6, 6.07) is 20.8. The second kappa shape index (κ2) is 14.1. The van der Waals surface area contributed by atoms with Gasteiger partial charge in [-0.2, -0.15) is 9.78 Å². The smallest absolute Gasteiger partial charge is 0.336 e. The first-order valence-electron chi connectivity index (χ1n) is 13.9. The summed E-state index contributed by atoms with van der Waals surface area (Å²) in [6.07, 6.45) is 4.00. The monoisotopic (exact) mass is 636 g/mol. The van der Waals surface area contributed by atoms with E-state index in [-0.39, 0.29) is 23.0 Å². The Balaban J connectivity index is 1.48. The summed E-state index contributed by atoms with van der Waals surface area (Å²) >= 11 is 0. The molecule has 238 valence electrons. The zero-order valence-corrected chi connectivity index (χ0v) is 25.7. The summed E-state index contributed by atoms with van der Waals surface area (Å²) in [4.78, 5) is 41.4. The fourth-order valence-electron chi connectivity index (χ4n) is 4.65. The summed E-state index contributed by atoms with van der Waals surface area (Å²) in [5, 5.41) is 15.9. The topological polar surface area (TPSA) is 154 Å². The molecule has 0 saturated heterocycles. The summed E-state index contributed by atoms with van der Waals surface area (Å²) in [7, 11) is 5.88. The van der Waals surface area contributed by atoms with E-state index in [1.54, 1.807) is 54.6 Å². The predicted octanol–water partition coefficient (Wildman–Crippen LogP) is 5.51. The van der Waals surface area contributed by atoms with E-state index in [1.165, 1.54) is 69.7 Å². The van der Waals surface area contributed by atoms with E-state index in [0.717, 1.165) is 6.08 Å². The third-order valence-electron chi connectivity index (χ3n) is 6.89. The quantitative estimate of drug-likeness (QED) is 0.0453. The van der Waals surface area contributed by atoms with Gasteiger partial charge < -0.3 is 23.7 Å². The average molecular weight is 637 g/mol. The van der Waals surface area contributed by atoms with Gasteiger partial charge in [-0.15, -0.1) is 0 Å². The largest absolute Gasteiger partial charge is 0.493 e. The Morgan fingerprint density at radius 3 is 2.23 bits per heavy atom. The number of ether oxygens (including phenoxy) is 5. The van der Waals surface area contributed by atoms with Crippen LogP contribution in [0.1, 0.15) is 11.1 Å². The van der Waals surface area contributed by atoms with Gasteiger partial charge >= 0.3 is 5.97 Å². The molecule has 0 unspecified atom stereocenters. The van der Waals surface area contributed by atoms with E-state index in [4.69, 9.17) is 28.7 Å². The molecule has 0 amide bonds. The standard InChI is InChI=1S/C34H28N4O9/c1-43-28-17-22(12-14-27(28)47-31(39)15-13-21-8-7-9-24(16-21)38(41)42)20-35-37-33(36-26-11-6-5-10-25(26)34(37)40)23-18-29(44-2)32(46-4)30(19-23)45-3/h5-20H,1-4H3/b15-13+,35-20?. The highest BCUT2D eigenvalue weighted by atomic mass is 16.6. The number of para-hydroxylation sites is 1. The number of aromatic nitrogens is 2. The van der Waals surface area contributed by atoms with Crippen LogP contribution in [0.15, 0.2) is 94.8 Å². The van der Waals surface area contributed by atoms with Crippen molar-refractivity contribution in [2.75, 3.05) is 28.4 Å². The third-order valence-corrected chi connectivity index (χ3v) is 6.89. The lowest BCUT2D eigenvalue weighted by Crippen LogP contribution is -2.20. The first kappa shape index (κ1) is 31.9. The van der Waals surface area contributed by atoms with Crippen molar-refractivity contribution in [2.45, 2.75) is 0 Å². The van der Waals surface area contributed by atoms with Crippen LogP contribution in [-0.2, 0) is 4.79 Å². The van der Waals surface area contributed by atoms with Crippen LogP contribution in [0.5, 0.6) is 28.7 Å². The number of methoxy groups -OCH3 is 4. The molecule has 0 radical (unpaired) electrons. The molecule has 5 aromatic rings. The van der Waals surface area contributed by atoms with Gasteiger partial charge in [-0.3, -0.25) is 14.9 Å². The van der Waals surface area contributed by atoms with E-state index >= 15 is 0 Å². The number of carbonyl (C=O) groups is 1. The Hall–Kier alpha value is -6.50. The van der Waals surface area contributed by atoms with Crippen molar-refractivity contribution in [3.05, 3.63) is 117 Å². The molecular formula is C34H28N4O9. The summed E-state index contributed by atoms with van der Waals surface area (Å²) in [6.45, 7) is 0. The fourth-order valence-corrected chi connectivity index (χ4v) is 4.65. The molecule has 4 aromatic carbocycles. The molecule has 13 nitrogen and oxygen atoms in total. The number of non-ortho nitro benzene ring substituents is 1. The zero-order chi connectivity index (χ0) is 33.5. The van der Waals surface area contributed by atoms with Crippen molar-refractivity contribution in [3.63, 3.8) is 0 Å². The van der Waals surface area contributed by atoms with E-state index in [2.05, 4.69) is 5.10 Å². The summed E-state index contributed by atoms with van der Waals surface area (Å²) in [5.74, 6) is 0.965. The average Bonchev–Trinajstić information content (AvgIpc) is 3.10. The molecule has 5 rings (SSSR count). The predicted molar refractivity (Wildman–Crippen MR) is 175 cm³/mol. The number of carbonyl (C=O) groups excluding carboxylic acids is 1. The SMILES string of the molecule is COc1cc(C=Nn2c(-c3cc(OC)c(OC)c(OC)c3)nc3ccccc3c2=O)ccc1OC(=O)/C=C/c1cccc([N+](=O)[O-])c1. The minimum absolute atomic E-state index is 0.100. The van der Waals surface area contributed by atoms with E-state index in [1.807, 2.05) is 0 Å². The van der Waals surface area contributed by atoms with Gasteiger partial charge in [0.25, 0.3) is 11.2 Å². The van der Waals surface area contributed by atoms with Crippen molar-refractivity contribution in [2.24, 2.45) is 5.10 Å². The van der Waals surface area contributed by atoms with Crippen LogP contribution in [0.2, 0.25) is 0 Å². The normalized spacial score (nSPS) is 11.1. The van der Waals surface area contributed by atoms with Gasteiger partial charge in [-0.25, -0.2) is 9.78 Å². The number of hydrogen-bond acceptors (Lipinski definition) is 11. The number of esters is 1. The molecule has 0 aliphatic heterocycles. The number of fused-ring (bicyclic) bond motifs is 1. The van der Waals surface area contributed by atoms with Gasteiger partial charge in [-0.05, 0) is 59.7 Å². The zero-order valence-electron chi connectivity index (χ0n) is 25.7. The third kappa shape index (κ3) is 6.93. The maximum atomic E-state index is 13.7. The van der Waals surface area contributed by atoms with Gasteiger partial charge in [0.15, 0.2) is 28.8 Å². The van der Waals surface area contributed by atoms with Gasteiger partial charge in [-0.1, -0.05) is 24.3 Å². The second-order valence-corrected chi connectivity index (χ2v) is 9.74. The Morgan fingerprint density at radius 1 is 0.830 bits per heavy atom. The van der Waals surface area contributed by atoms with Crippen LogP contribution < -0.4 is 29.2 Å². The Morgan fingerprint density at radius 2 is 1.55 bits per heavy atom. The number of nitro benzene ring substituents is 1. The van der Waals surface area contributed by atoms with Crippen LogP contribution in [-0.4, -0.2) is 55.2 Å². The van der Waals surface area contributed by atoms with Gasteiger partial charge in [0, 0.05) is 23.8 Å². The molecule has 0 N–H and O–H groups in total. The first-order valence-corrected chi connectivity index (χ1v) is 13.9. The molecule has 1 aromatic heterocycles. The molecule has 0 atom stereocenters. The minimum Gasteiger partial charge on any atom is -0.493 e. The lowest BCUT2D eigenvalue weighted by molar-refractivity contribution is -0.384. The number of hydrogen-bond donors (Lipinski definition) is 0. The summed E-state index contributed by atoms with van der Waals surface area (Å²) in [5.41, 5.74) is 1.42. The molecule has 0 aliphatic rings. The molecule has 13 heteroatoms. The Bertz CT molecular complexity index is 2080. The maximum Gasteiger partial charge on any atom is 0.336 e. The highest BCUT2D eigenvalue weighted by molar-refractivity contribution is 5.89. The van der Waals surface area contributed by atoms with Gasteiger partial charge in [0.1, 0.15) is 0 Å². The van der Waals surface area contributed by atoms with Crippen molar-refractivity contribution < 1.29 is 33.4 Å². The molecular weight excluding hydrogens is 608 g/mol. The number of rotatable bonds is 11.